The number of hydrogen-bond donors (Lipinski definition) is 1. The average molecular weight is 197 g/mol. The molecule has 0 spiro atoms. The maximum atomic E-state index is 6.42. The van der Waals surface area contributed by atoms with Crippen molar-refractivity contribution in [1.82, 2.24) is 0 Å². The molecule has 0 aromatic carbocycles. The summed E-state index contributed by atoms with van der Waals surface area (Å²) in [5, 5.41) is 0. The first-order chi connectivity index (χ1) is 6.70. The van der Waals surface area contributed by atoms with E-state index in [2.05, 4.69) is 13.8 Å². The Bertz CT molecular complexity index is 140. The minimum Gasteiger partial charge on any atom is -0.325 e. The summed E-state index contributed by atoms with van der Waals surface area (Å²) in [6.07, 6.45) is 11.9. The van der Waals surface area contributed by atoms with Crippen molar-refractivity contribution in [2.75, 3.05) is 0 Å². The highest BCUT2D eigenvalue weighted by atomic mass is 14.7. The largest absolute Gasteiger partial charge is 0.325 e. The first-order valence-electron chi connectivity index (χ1n) is 6.49. The van der Waals surface area contributed by atoms with Crippen molar-refractivity contribution >= 4 is 0 Å². The van der Waals surface area contributed by atoms with Crippen molar-refractivity contribution < 1.29 is 0 Å². The molecule has 0 amide bonds. The standard InChI is InChI=1S/C13H27N/c1-3-5-6-9-13(14)10-7-12(4-2)8-11-13/h12H,3-11,14H2,1-2H3. The first-order valence-corrected chi connectivity index (χ1v) is 6.49. The second-order valence-corrected chi connectivity index (χ2v) is 5.17. The SMILES string of the molecule is CCCCCC1(N)CCC(CC)CC1. The lowest BCUT2D eigenvalue weighted by atomic mass is 9.74. The lowest BCUT2D eigenvalue weighted by Gasteiger charge is -2.37. The molecule has 1 aliphatic rings. The maximum absolute atomic E-state index is 6.42. The molecule has 0 heterocycles. The van der Waals surface area contributed by atoms with E-state index in [0.29, 0.717) is 0 Å². The van der Waals surface area contributed by atoms with Crippen LogP contribution in [-0.2, 0) is 0 Å². The van der Waals surface area contributed by atoms with Crippen LogP contribution < -0.4 is 5.73 Å². The number of unbranched alkanes of at least 4 members (excludes halogenated alkanes) is 2. The Hall–Kier alpha value is -0.0400. The topological polar surface area (TPSA) is 26.0 Å². The van der Waals surface area contributed by atoms with E-state index in [1.54, 1.807) is 0 Å². The van der Waals surface area contributed by atoms with Crippen molar-refractivity contribution in [3.63, 3.8) is 0 Å². The van der Waals surface area contributed by atoms with Gasteiger partial charge in [0.15, 0.2) is 0 Å². The summed E-state index contributed by atoms with van der Waals surface area (Å²) in [7, 11) is 0. The van der Waals surface area contributed by atoms with Gasteiger partial charge < -0.3 is 5.73 Å². The van der Waals surface area contributed by atoms with E-state index >= 15 is 0 Å². The number of rotatable bonds is 5. The van der Waals surface area contributed by atoms with Gasteiger partial charge in [0, 0.05) is 5.54 Å². The predicted octanol–water partition coefficient (Wildman–Crippen LogP) is 3.86. The average Bonchev–Trinajstić information content (AvgIpc) is 2.19. The van der Waals surface area contributed by atoms with Gasteiger partial charge in [-0.25, -0.2) is 0 Å². The molecule has 84 valence electrons. The zero-order valence-corrected chi connectivity index (χ0v) is 10.0. The van der Waals surface area contributed by atoms with E-state index in [9.17, 15) is 0 Å². The normalized spacial score (nSPS) is 33.2. The van der Waals surface area contributed by atoms with Crippen LogP contribution in [0.1, 0.15) is 71.6 Å². The van der Waals surface area contributed by atoms with Gasteiger partial charge in [-0.1, -0.05) is 39.5 Å². The van der Waals surface area contributed by atoms with Crippen LogP contribution in [0.2, 0.25) is 0 Å². The van der Waals surface area contributed by atoms with Gasteiger partial charge in [-0.15, -0.1) is 0 Å². The monoisotopic (exact) mass is 197 g/mol. The molecule has 0 bridgehead atoms. The van der Waals surface area contributed by atoms with Gasteiger partial charge >= 0.3 is 0 Å². The summed E-state index contributed by atoms with van der Waals surface area (Å²) >= 11 is 0. The van der Waals surface area contributed by atoms with Gasteiger partial charge in [-0.05, 0) is 38.0 Å². The molecular weight excluding hydrogens is 170 g/mol. The second-order valence-electron chi connectivity index (χ2n) is 5.17. The molecule has 2 N–H and O–H groups in total. The molecule has 14 heavy (non-hydrogen) atoms. The lowest BCUT2D eigenvalue weighted by Crippen LogP contribution is -2.43. The molecule has 0 unspecified atom stereocenters. The van der Waals surface area contributed by atoms with Gasteiger partial charge in [-0.2, -0.15) is 0 Å². The van der Waals surface area contributed by atoms with E-state index in [0.717, 1.165) is 5.92 Å². The molecule has 0 atom stereocenters. The summed E-state index contributed by atoms with van der Waals surface area (Å²) < 4.78 is 0. The highest BCUT2D eigenvalue weighted by Gasteiger charge is 2.30. The summed E-state index contributed by atoms with van der Waals surface area (Å²) in [5.74, 6) is 0.970. The quantitative estimate of drug-likeness (QED) is 0.665. The third-order valence-corrected chi connectivity index (χ3v) is 3.96. The molecule has 0 radical (unpaired) electrons. The number of hydrogen-bond acceptors (Lipinski definition) is 1. The summed E-state index contributed by atoms with van der Waals surface area (Å²) in [5.41, 5.74) is 6.63. The smallest absolute Gasteiger partial charge is 0.0154 e. The highest BCUT2D eigenvalue weighted by molar-refractivity contribution is 4.89. The fraction of sp³-hybridized carbons (Fsp3) is 1.00. The molecule has 1 nitrogen and oxygen atoms in total. The van der Waals surface area contributed by atoms with Crippen LogP contribution in [-0.4, -0.2) is 5.54 Å². The summed E-state index contributed by atoms with van der Waals surface area (Å²) in [6.45, 7) is 4.57. The molecular formula is C13H27N. The maximum Gasteiger partial charge on any atom is 0.0154 e. The van der Waals surface area contributed by atoms with Crippen LogP contribution in [0, 0.1) is 5.92 Å². The molecule has 0 saturated heterocycles. The zero-order valence-electron chi connectivity index (χ0n) is 10.0. The molecule has 1 saturated carbocycles. The van der Waals surface area contributed by atoms with E-state index in [1.807, 2.05) is 0 Å². The Balaban J connectivity index is 2.23. The van der Waals surface area contributed by atoms with Crippen molar-refractivity contribution in [3.05, 3.63) is 0 Å². The highest BCUT2D eigenvalue weighted by Crippen LogP contribution is 2.34. The molecule has 0 aromatic heterocycles. The lowest BCUT2D eigenvalue weighted by molar-refractivity contribution is 0.214. The van der Waals surface area contributed by atoms with E-state index in [4.69, 9.17) is 5.73 Å². The van der Waals surface area contributed by atoms with Crippen LogP contribution in [0.15, 0.2) is 0 Å². The van der Waals surface area contributed by atoms with Crippen molar-refractivity contribution in [1.29, 1.82) is 0 Å². The minimum atomic E-state index is 0.209. The van der Waals surface area contributed by atoms with E-state index in [-0.39, 0.29) is 5.54 Å². The molecule has 0 aromatic rings. The van der Waals surface area contributed by atoms with Crippen molar-refractivity contribution in [2.24, 2.45) is 11.7 Å². The molecule has 1 fully saturated rings. The van der Waals surface area contributed by atoms with Gasteiger partial charge in [-0.3, -0.25) is 0 Å². The van der Waals surface area contributed by atoms with Crippen LogP contribution in [0.3, 0.4) is 0 Å². The third-order valence-electron chi connectivity index (χ3n) is 3.96. The van der Waals surface area contributed by atoms with Crippen LogP contribution in [0.5, 0.6) is 0 Å². The van der Waals surface area contributed by atoms with Crippen LogP contribution in [0.4, 0.5) is 0 Å². The van der Waals surface area contributed by atoms with E-state index < -0.39 is 0 Å². The van der Waals surface area contributed by atoms with Gasteiger partial charge in [0.2, 0.25) is 0 Å². The van der Waals surface area contributed by atoms with E-state index in [1.165, 1.54) is 57.8 Å². The van der Waals surface area contributed by atoms with Crippen molar-refractivity contribution in [3.8, 4) is 0 Å². The molecule has 0 aliphatic heterocycles. The van der Waals surface area contributed by atoms with Crippen molar-refractivity contribution in [2.45, 2.75) is 77.2 Å². The van der Waals surface area contributed by atoms with Gasteiger partial charge in [0.25, 0.3) is 0 Å². The Morgan fingerprint density at radius 2 is 1.79 bits per heavy atom. The first kappa shape index (κ1) is 12.0. The van der Waals surface area contributed by atoms with Gasteiger partial charge in [0.05, 0.1) is 0 Å². The zero-order chi connectivity index (χ0) is 10.4. The molecule has 1 rings (SSSR count). The van der Waals surface area contributed by atoms with Crippen LogP contribution >= 0.6 is 0 Å². The fourth-order valence-electron chi connectivity index (χ4n) is 2.64. The Morgan fingerprint density at radius 1 is 1.14 bits per heavy atom. The third kappa shape index (κ3) is 3.61. The molecule has 1 aliphatic carbocycles. The summed E-state index contributed by atoms with van der Waals surface area (Å²) in [6, 6.07) is 0. The minimum absolute atomic E-state index is 0.209. The second kappa shape index (κ2) is 5.75. The molecule has 1 heteroatoms. The predicted molar refractivity (Wildman–Crippen MR) is 63.3 cm³/mol. The summed E-state index contributed by atoms with van der Waals surface area (Å²) in [4.78, 5) is 0. The Kier molecular flexibility index (Phi) is 4.94. The fourth-order valence-corrected chi connectivity index (χ4v) is 2.64. The number of nitrogens with two attached hydrogens (primary N) is 1. The van der Waals surface area contributed by atoms with Gasteiger partial charge in [0.1, 0.15) is 0 Å². The Morgan fingerprint density at radius 3 is 2.29 bits per heavy atom. The van der Waals surface area contributed by atoms with Crippen LogP contribution in [0.25, 0.3) is 0 Å². The Labute approximate surface area is 89.5 Å².